The van der Waals surface area contributed by atoms with Crippen molar-refractivity contribution in [1.82, 2.24) is 10.3 Å². The van der Waals surface area contributed by atoms with Crippen molar-refractivity contribution in [3.63, 3.8) is 0 Å². The second-order valence-electron chi connectivity index (χ2n) is 5.59. The zero-order chi connectivity index (χ0) is 14.6. The number of benzene rings is 1. The molecule has 0 bridgehead atoms. The number of hydrogen-bond acceptors (Lipinski definition) is 4. The highest BCUT2D eigenvalue weighted by Gasteiger charge is 2.13. The van der Waals surface area contributed by atoms with Crippen molar-refractivity contribution in [3.05, 3.63) is 44.8 Å². The molecule has 0 fully saturated rings. The number of rotatable bonds is 5. The van der Waals surface area contributed by atoms with E-state index >= 15 is 0 Å². The molecule has 0 aliphatic heterocycles. The molecule has 3 nitrogen and oxygen atoms in total. The fourth-order valence-corrected chi connectivity index (χ4v) is 2.70. The molecule has 1 N–H and O–H groups in total. The first-order valence-corrected chi connectivity index (χ1v) is 8.15. The molecule has 0 aliphatic rings. The minimum atomic E-state index is 0.0806. The lowest BCUT2D eigenvalue weighted by Gasteiger charge is -2.22. The summed E-state index contributed by atoms with van der Waals surface area (Å²) in [6, 6.07) is 6.12. The number of halogens is 1. The van der Waals surface area contributed by atoms with Crippen molar-refractivity contribution in [2.45, 2.75) is 39.5 Å². The third-order valence-electron chi connectivity index (χ3n) is 2.70. The normalized spacial score (nSPS) is 11.6. The second-order valence-corrected chi connectivity index (χ2v) is 7.41. The van der Waals surface area contributed by atoms with Crippen molar-refractivity contribution in [2.24, 2.45) is 0 Å². The van der Waals surface area contributed by atoms with E-state index in [1.165, 1.54) is 0 Å². The average Bonchev–Trinajstić information content (AvgIpc) is 2.87. The van der Waals surface area contributed by atoms with Crippen LogP contribution in [0.1, 0.15) is 31.2 Å². The van der Waals surface area contributed by atoms with E-state index in [1.54, 1.807) is 11.3 Å². The Kier molecular flexibility index (Phi) is 5.18. The number of para-hydroxylation sites is 1. The molecule has 0 saturated carbocycles. The van der Waals surface area contributed by atoms with Gasteiger partial charge in [0.1, 0.15) is 12.4 Å². The Bertz CT molecular complexity index is 549. The number of thiazole rings is 1. The van der Waals surface area contributed by atoms with Gasteiger partial charge in [-0.15, -0.1) is 11.3 Å². The Morgan fingerprint density at radius 1 is 1.35 bits per heavy atom. The highest BCUT2D eigenvalue weighted by atomic mass is 79.9. The lowest BCUT2D eigenvalue weighted by molar-refractivity contribution is 0.301. The Labute approximate surface area is 132 Å². The van der Waals surface area contributed by atoms with E-state index in [1.807, 2.05) is 23.8 Å². The third-order valence-corrected chi connectivity index (χ3v) is 4.08. The highest BCUT2D eigenvalue weighted by Crippen LogP contribution is 2.30. The number of nitrogens with one attached hydrogen (secondary N) is 1. The molecule has 1 aromatic carbocycles. The smallest absolute Gasteiger partial charge is 0.138 e. The molecule has 5 heteroatoms. The molecule has 20 heavy (non-hydrogen) atoms. The van der Waals surface area contributed by atoms with Crippen LogP contribution in [-0.4, -0.2) is 10.5 Å². The Balaban J connectivity index is 2.09. The lowest BCUT2D eigenvalue weighted by atomic mass is 10.1. The van der Waals surface area contributed by atoms with E-state index in [0.717, 1.165) is 27.2 Å². The van der Waals surface area contributed by atoms with Crippen LogP contribution < -0.4 is 10.1 Å². The molecule has 2 aromatic rings. The summed E-state index contributed by atoms with van der Waals surface area (Å²) in [5.41, 5.74) is 3.05. The summed E-state index contributed by atoms with van der Waals surface area (Å²) in [6.45, 7) is 7.80. The topological polar surface area (TPSA) is 34.1 Å². The summed E-state index contributed by atoms with van der Waals surface area (Å²) in [5.74, 6) is 0.901. The molecule has 1 heterocycles. The number of aromatic nitrogens is 1. The summed E-state index contributed by atoms with van der Waals surface area (Å²) in [7, 11) is 0. The van der Waals surface area contributed by atoms with Gasteiger partial charge in [0, 0.05) is 23.8 Å². The first-order valence-electron chi connectivity index (χ1n) is 6.48. The van der Waals surface area contributed by atoms with Crippen LogP contribution >= 0.6 is 27.3 Å². The summed E-state index contributed by atoms with van der Waals surface area (Å²) in [6.07, 6.45) is 1.84. The fourth-order valence-electron chi connectivity index (χ4n) is 1.67. The molecule has 0 aliphatic carbocycles. The average molecular weight is 355 g/mol. The fraction of sp³-hybridized carbons (Fsp3) is 0.400. The molecular weight excluding hydrogens is 336 g/mol. The van der Waals surface area contributed by atoms with Crippen LogP contribution in [0.3, 0.4) is 0 Å². The maximum Gasteiger partial charge on any atom is 0.138 e. The molecule has 0 amide bonds. The number of nitrogens with zero attached hydrogens (tertiary/aromatic N) is 1. The second kappa shape index (κ2) is 6.70. The van der Waals surface area contributed by atoms with Crippen LogP contribution in [0.5, 0.6) is 5.75 Å². The molecule has 108 valence electrons. The summed E-state index contributed by atoms with van der Waals surface area (Å²) >= 11 is 5.17. The zero-order valence-electron chi connectivity index (χ0n) is 11.9. The molecule has 0 unspecified atom stereocenters. The highest BCUT2D eigenvalue weighted by molar-refractivity contribution is 9.10. The Morgan fingerprint density at radius 3 is 2.80 bits per heavy atom. The first-order chi connectivity index (χ1) is 9.46. The van der Waals surface area contributed by atoms with Gasteiger partial charge in [-0.25, -0.2) is 0 Å². The maximum atomic E-state index is 5.96. The minimum Gasteiger partial charge on any atom is -0.486 e. The zero-order valence-corrected chi connectivity index (χ0v) is 14.3. The van der Waals surface area contributed by atoms with E-state index < -0.39 is 0 Å². The predicted octanol–water partition coefficient (Wildman–Crippen LogP) is 4.37. The molecule has 0 radical (unpaired) electrons. The Morgan fingerprint density at radius 2 is 2.15 bits per heavy atom. The monoisotopic (exact) mass is 354 g/mol. The third kappa shape index (κ3) is 4.58. The van der Waals surface area contributed by atoms with Gasteiger partial charge < -0.3 is 10.1 Å². The minimum absolute atomic E-state index is 0.0806. The molecule has 2 rings (SSSR count). The lowest BCUT2D eigenvalue weighted by Crippen LogP contribution is -2.35. The van der Waals surface area contributed by atoms with Crippen LogP contribution in [0.2, 0.25) is 0 Å². The molecule has 0 atom stereocenters. The first kappa shape index (κ1) is 15.5. The standard InChI is InChI=1S/C15H19BrN2OS/c1-15(2,3)18-7-11-5-4-6-13(16)14(11)19-9-12-8-17-10-20-12/h4-6,8,10,18H,7,9H2,1-3H3. The van der Waals surface area contributed by atoms with Gasteiger partial charge in [0.05, 0.1) is 14.9 Å². The maximum absolute atomic E-state index is 5.96. The van der Waals surface area contributed by atoms with Gasteiger partial charge in [0.2, 0.25) is 0 Å². The van der Waals surface area contributed by atoms with Crippen LogP contribution in [0, 0.1) is 0 Å². The van der Waals surface area contributed by atoms with Gasteiger partial charge in [0.15, 0.2) is 0 Å². The van der Waals surface area contributed by atoms with Crippen molar-refractivity contribution in [1.29, 1.82) is 0 Å². The number of hydrogen-bond donors (Lipinski definition) is 1. The SMILES string of the molecule is CC(C)(C)NCc1cccc(Br)c1OCc1cncs1. The van der Waals surface area contributed by atoms with E-state index in [9.17, 15) is 0 Å². The van der Waals surface area contributed by atoms with Crippen LogP contribution in [0.4, 0.5) is 0 Å². The Hall–Kier alpha value is -0.910. The quantitative estimate of drug-likeness (QED) is 0.865. The van der Waals surface area contributed by atoms with Gasteiger partial charge in [0.25, 0.3) is 0 Å². The van der Waals surface area contributed by atoms with E-state index in [0.29, 0.717) is 6.61 Å². The molecule has 0 saturated heterocycles. The van der Waals surface area contributed by atoms with Crippen LogP contribution in [0.15, 0.2) is 34.4 Å². The van der Waals surface area contributed by atoms with E-state index in [4.69, 9.17) is 4.74 Å². The largest absolute Gasteiger partial charge is 0.486 e. The van der Waals surface area contributed by atoms with Crippen molar-refractivity contribution in [2.75, 3.05) is 0 Å². The molecule has 1 aromatic heterocycles. The van der Waals surface area contributed by atoms with Crippen molar-refractivity contribution < 1.29 is 4.74 Å². The molecule has 0 spiro atoms. The van der Waals surface area contributed by atoms with Crippen molar-refractivity contribution in [3.8, 4) is 5.75 Å². The van der Waals surface area contributed by atoms with Gasteiger partial charge >= 0.3 is 0 Å². The van der Waals surface area contributed by atoms with Gasteiger partial charge in [-0.1, -0.05) is 12.1 Å². The van der Waals surface area contributed by atoms with Crippen LogP contribution in [0.25, 0.3) is 0 Å². The predicted molar refractivity (Wildman–Crippen MR) is 87.2 cm³/mol. The summed E-state index contributed by atoms with van der Waals surface area (Å²) in [5, 5.41) is 3.49. The van der Waals surface area contributed by atoms with Gasteiger partial charge in [-0.05, 0) is 42.8 Å². The molecular formula is C15H19BrN2OS. The van der Waals surface area contributed by atoms with E-state index in [-0.39, 0.29) is 5.54 Å². The summed E-state index contributed by atoms with van der Waals surface area (Å²) in [4.78, 5) is 5.18. The van der Waals surface area contributed by atoms with Crippen molar-refractivity contribution >= 4 is 27.3 Å². The van der Waals surface area contributed by atoms with Gasteiger partial charge in [-0.2, -0.15) is 0 Å². The number of ether oxygens (including phenoxy) is 1. The van der Waals surface area contributed by atoms with Crippen LogP contribution in [-0.2, 0) is 13.2 Å². The van der Waals surface area contributed by atoms with Gasteiger partial charge in [-0.3, -0.25) is 4.98 Å². The summed E-state index contributed by atoms with van der Waals surface area (Å²) < 4.78 is 6.94. The van der Waals surface area contributed by atoms with E-state index in [2.05, 4.69) is 53.1 Å².